The van der Waals surface area contributed by atoms with E-state index in [2.05, 4.69) is 10.3 Å². The van der Waals surface area contributed by atoms with E-state index in [1.807, 2.05) is 0 Å². The standard InChI is InChI=1S/C18H10Cl3FN2O/c19-10-3-5-12(15(20)8-10)13-6-4-11(22)9-16(13)24-18(25)14-2-1-7-23-17(14)21/h1-9H,(H,24,25). The zero-order chi connectivity index (χ0) is 18.0. The molecule has 1 N–H and O–H groups in total. The molecule has 3 aromatic rings. The molecular weight excluding hydrogens is 386 g/mol. The number of hydrogen-bond donors (Lipinski definition) is 1. The van der Waals surface area contributed by atoms with Gasteiger partial charge in [0.25, 0.3) is 5.91 Å². The third-order valence-corrected chi connectivity index (χ3v) is 4.30. The lowest BCUT2D eigenvalue weighted by Crippen LogP contribution is -2.14. The van der Waals surface area contributed by atoms with Crippen LogP contribution in [-0.2, 0) is 0 Å². The highest BCUT2D eigenvalue weighted by molar-refractivity contribution is 6.36. The molecule has 0 fully saturated rings. The lowest BCUT2D eigenvalue weighted by Gasteiger charge is -2.13. The number of carbonyl (C=O) groups excluding carboxylic acids is 1. The number of nitrogens with one attached hydrogen (secondary N) is 1. The molecule has 0 aliphatic carbocycles. The number of carbonyl (C=O) groups is 1. The molecule has 0 aliphatic rings. The maximum Gasteiger partial charge on any atom is 0.258 e. The van der Waals surface area contributed by atoms with Crippen LogP contribution in [0, 0.1) is 5.82 Å². The van der Waals surface area contributed by atoms with Crippen LogP contribution in [-0.4, -0.2) is 10.9 Å². The molecule has 0 spiro atoms. The minimum atomic E-state index is -0.505. The third kappa shape index (κ3) is 3.93. The van der Waals surface area contributed by atoms with Crippen LogP contribution < -0.4 is 5.32 Å². The second kappa shape index (κ2) is 7.40. The Morgan fingerprint density at radius 3 is 2.48 bits per heavy atom. The predicted octanol–water partition coefficient (Wildman–Crippen LogP) is 6.10. The third-order valence-electron chi connectivity index (χ3n) is 3.45. The lowest BCUT2D eigenvalue weighted by atomic mass is 10.0. The van der Waals surface area contributed by atoms with Gasteiger partial charge in [0, 0.05) is 27.4 Å². The topological polar surface area (TPSA) is 42.0 Å². The highest BCUT2D eigenvalue weighted by Gasteiger charge is 2.16. The molecule has 0 saturated carbocycles. The van der Waals surface area contributed by atoms with E-state index in [9.17, 15) is 9.18 Å². The summed E-state index contributed by atoms with van der Waals surface area (Å²) < 4.78 is 13.7. The van der Waals surface area contributed by atoms with Gasteiger partial charge in [0.1, 0.15) is 11.0 Å². The van der Waals surface area contributed by atoms with E-state index in [-0.39, 0.29) is 16.4 Å². The number of aromatic nitrogens is 1. The van der Waals surface area contributed by atoms with Gasteiger partial charge in [0.15, 0.2) is 0 Å². The Labute approximate surface area is 158 Å². The molecule has 126 valence electrons. The fourth-order valence-corrected chi connectivity index (χ4v) is 3.02. The Bertz CT molecular complexity index is 963. The first-order valence-corrected chi connectivity index (χ1v) is 8.26. The maximum atomic E-state index is 13.7. The van der Waals surface area contributed by atoms with Crippen LogP contribution in [0.4, 0.5) is 10.1 Å². The molecule has 25 heavy (non-hydrogen) atoms. The smallest absolute Gasteiger partial charge is 0.258 e. The van der Waals surface area contributed by atoms with Gasteiger partial charge in [-0.3, -0.25) is 4.79 Å². The van der Waals surface area contributed by atoms with Crippen molar-refractivity contribution < 1.29 is 9.18 Å². The van der Waals surface area contributed by atoms with Gasteiger partial charge in [-0.15, -0.1) is 0 Å². The number of pyridine rings is 1. The first kappa shape index (κ1) is 17.7. The number of rotatable bonds is 3. The van der Waals surface area contributed by atoms with Gasteiger partial charge in [-0.25, -0.2) is 9.37 Å². The van der Waals surface area contributed by atoms with E-state index in [4.69, 9.17) is 34.8 Å². The molecule has 0 radical (unpaired) electrons. The number of benzene rings is 2. The molecule has 0 bridgehead atoms. The van der Waals surface area contributed by atoms with E-state index in [1.165, 1.54) is 30.5 Å². The van der Waals surface area contributed by atoms with E-state index in [0.717, 1.165) is 0 Å². The summed E-state index contributed by atoms with van der Waals surface area (Å²) in [5.74, 6) is -1.00. The van der Waals surface area contributed by atoms with Crippen LogP contribution in [0.5, 0.6) is 0 Å². The van der Waals surface area contributed by atoms with Crippen molar-refractivity contribution in [3.8, 4) is 11.1 Å². The van der Waals surface area contributed by atoms with E-state index in [0.29, 0.717) is 21.2 Å². The first-order chi connectivity index (χ1) is 12.0. The highest BCUT2D eigenvalue weighted by Crippen LogP contribution is 2.35. The summed E-state index contributed by atoms with van der Waals surface area (Å²) in [6, 6.07) is 12.1. The van der Waals surface area contributed by atoms with Crippen molar-refractivity contribution >= 4 is 46.4 Å². The summed E-state index contributed by atoms with van der Waals surface area (Å²) >= 11 is 18.1. The highest BCUT2D eigenvalue weighted by atomic mass is 35.5. The van der Waals surface area contributed by atoms with Crippen LogP contribution in [0.15, 0.2) is 54.7 Å². The van der Waals surface area contributed by atoms with Gasteiger partial charge in [-0.1, -0.05) is 40.9 Å². The summed E-state index contributed by atoms with van der Waals surface area (Å²) in [4.78, 5) is 16.3. The number of anilines is 1. The normalized spacial score (nSPS) is 10.6. The van der Waals surface area contributed by atoms with Gasteiger partial charge < -0.3 is 5.32 Å². The molecular formula is C18H10Cl3FN2O. The van der Waals surface area contributed by atoms with E-state index >= 15 is 0 Å². The number of halogens is 4. The van der Waals surface area contributed by atoms with Crippen LogP contribution in [0.3, 0.4) is 0 Å². The summed E-state index contributed by atoms with van der Waals surface area (Å²) in [6.07, 6.45) is 1.47. The Morgan fingerprint density at radius 1 is 1.00 bits per heavy atom. The zero-order valence-electron chi connectivity index (χ0n) is 12.6. The summed E-state index contributed by atoms with van der Waals surface area (Å²) in [7, 11) is 0. The van der Waals surface area contributed by atoms with Gasteiger partial charge >= 0.3 is 0 Å². The van der Waals surface area contributed by atoms with E-state index < -0.39 is 11.7 Å². The molecule has 1 heterocycles. The Kier molecular flexibility index (Phi) is 5.23. The number of nitrogens with zero attached hydrogens (tertiary/aromatic N) is 1. The molecule has 0 unspecified atom stereocenters. The molecule has 2 aromatic carbocycles. The van der Waals surface area contributed by atoms with Crippen molar-refractivity contribution in [2.45, 2.75) is 0 Å². The van der Waals surface area contributed by atoms with Gasteiger partial charge in [0.05, 0.1) is 11.3 Å². The van der Waals surface area contributed by atoms with Crippen molar-refractivity contribution in [3.05, 3.63) is 81.3 Å². The largest absolute Gasteiger partial charge is 0.321 e. The monoisotopic (exact) mass is 394 g/mol. The van der Waals surface area contributed by atoms with Crippen molar-refractivity contribution in [1.29, 1.82) is 0 Å². The maximum absolute atomic E-state index is 13.7. The molecule has 3 rings (SSSR count). The molecule has 0 atom stereocenters. The Morgan fingerprint density at radius 2 is 1.76 bits per heavy atom. The number of amides is 1. The van der Waals surface area contributed by atoms with Crippen LogP contribution in [0.1, 0.15) is 10.4 Å². The van der Waals surface area contributed by atoms with E-state index in [1.54, 1.807) is 24.3 Å². The predicted molar refractivity (Wildman–Crippen MR) is 99.1 cm³/mol. The molecule has 1 aromatic heterocycles. The van der Waals surface area contributed by atoms with Gasteiger partial charge in [-0.05, 0) is 42.5 Å². The molecule has 1 amide bonds. The fraction of sp³-hybridized carbons (Fsp3) is 0. The summed E-state index contributed by atoms with van der Waals surface area (Å²) in [6.45, 7) is 0. The van der Waals surface area contributed by atoms with Gasteiger partial charge in [0.2, 0.25) is 0 Å². The Balaban J connectivity index is 2.03. The fourth-order valence-electron chi connectivity index (χ4n) is 2.31. The average Bonchev–Trinajstić information content (AvgIpc) is 2.56. The van der Waals surface area contributed by atoms with Crippen molar-refractivity contribution in [2.24, 2.45) is 0 Å². The van der Waals surface area contributed by atoms with Crippen LogP contribution >= 0.6 is 34.8 Å². The second-order valence-corrected chi connectivity index (χ2v) is 6.31. The minimum Gasteiger partial charge on any atom is -0.321 e. The Hall–Kier alpha value is -2.14. The lowest BCUT2D eigenvalue weighted by molar-refractivity contribution is 0.102. The van der Waals surface area contributed by atoms with Gasteiger partial charge in [-0.2, -0.15) is 0 Å². The quantitative estimate of drug-likeness (QED) is 0.544. The van der Waals surface area contributed by atoms with Crippen molar-refractivity contribution in [3.63, 3.8) is 0 Å². The molecule has 7 heteroatoms. The number of hydrogen-bond acceptors (Lipinski definition) is 2. The zero-order valence-corrected chi connectivity index (χ0v) is 14.8. The van der Waals surface area contributed by atoms with Crippen LogP contribution in [0.2, 0.25) is 15.2 Å². The SMILES string of the molecule is O=C(Nc1cc(F)ccc1-c1ccc(Cl)cc1Cl)c1cccnc1Cl. The molecule has 0 saturated heterocycles. The molecule has 0 aliphatic heterocycles. The minimum absolute atomic E-state index is 0.0579. The average molecular weight is 396 g/mol. The van der Waals surface area contributed by atoms with Crippen molar-refractivity contribution in [1.82, 2.24) is 4.98 Å². The van der Waals surface area contributed by atoms with Crippen molar-refractivity contribution in [2.75, 3.05) is 5.32 Å². The summed E-state index contributed by atoms with van der Waals surface area (Å²) in [5.41, 5.74) is 1.60. The first-order valence-electron chi connectivity index (χ1n) is 7.12. The summed E-state index contributed by atoms with van der Waals surface area (Å²) in [5, 5.41) is 3.57. The second-order valence-electron chi connectivity index (χ2n) is 5.11. The molecule has 3 nitrogen and oxygen atoms in total. The van der Waals surface area contributed by atoms with Crippen LogP contribution in [0.25, 0.3) is 11.1 Å².